The summed E-state index contributed by atoms with van der Waals surface area (Å²) in [7, 11) is 1.27. The van der Waals surface area contributed by atoms with Crippen LogP contribution in [0.4, 0.5) is 5.69 Å². The Hall–Kier alpha value is -4.21. The van der Waals surface area contributed by atoms with Crippen LogP contribution < -0.4 is 10.2 Å². The third kappa shape index (κ3) is 4.79. The number of amides is 1. The average Bonchev–Trinajstić information content (AvgIpc) is 3.19. The molecule has 0 fully saturated rings. The van der Waals surface area contributed by atoms with Gasteiger partial charge in [-0.2, -0.15) is 10.2 Å². The van der Waals surface area contributed by atoms with E-state index in [4.69, 9.17) is 4.74 Å². The Bertz CT molecular complexity index is 1110. The van der Waals surface area contributed by atoms with Gasteiger partial charge in [-0.25, -0.2) is 5.43 Å². The predicted octanol–water partition coefficient (Wildman–Crippen LogP) is 2.63. The van der Waals surface area contributed by atoms with Crippen molar-refractivity contribution in [2.24, 2.45) is 5.10 Å². The van der Waals surface area contributed by atoms with Crippen molar-refractivity contribution in [3.63, 3.8) is 0 Å². The fourth-order valence-electron chi connectivity index (χ4n) is 2.64. The molecule has 2 N–H and O–H groups in total. The van der Waals surface area contributed by atoms with E-state index in [1.165, 1.54) is 7.11 Å². The van der Waals surface area contributed by atoms with Gasteiger partial charge in [0, 0.05) is 17.8 Å². The zero-order chi connectivity index (χ0) is 21.7. The number of aromatic nitrogens is 2. The van der Waals surface area contributed by atoms with Crippen molar-refractivity contribution in [1.82, 2.24) is 15.2 Å². The number of aromatic hydroxyl groups is 1. The third-order valence-electron chi connectivity index (χ3n) is 4.23. The molecule has 0 saturated heterocycles. The Morgan fingerprint density at radius 1 is 1.33 bits per heavy atom. The first-order valence-corrected chi connectivity index (χ1v) is 8.85. The number of nitro groups is 1. The molecule has 0 radical (unpaired) electrons. The Morgan fingerprint density at radius 3 is 2.73 bits per heavy atom. The Labute approximate surface area is 171 Å². The van der Waals surface area contributed by atoms with Gasteiger partial charge >= 0.3 is 0 Å². The maximum absolute atomic E-state index is 12.2. The van der Waals surface area contributed by atoms with Crippen molar-refractivity contribution in [3.8, 4) is 11.5 Å². The van der Waals surface area contributed by atoms with Crippen molar-refractivity contribution in [3.05, 3.63) is 81.2 Å². The van der Waals surface area contributed by atoms with E-state index in [0.29, 0.717) is 6.54 Å². The van der Waals surface area contributed by atoms with E-state index < -0.39 is 10.8 Å². The molecule has 0 spiro atoms. The minimum absolute atomic E-state index is 0.0197. The number of carbonyl (C=O) groups excluding carboxylic acids is 1. The molecule has 154 valence electrons. The smallest absolute Gasteiger partial charge is 0.291 e. The summed E-state index contributed by atoms with van der Waals surface area (Å²) in [6, 6.07) is 11.7. The van der Waals surface area contributed by atoms with Gasteiger partial charge in [0.1, 0.15) is 0 Å². The molecule has 0 aliphatic carbocycles. The van der Waals surface area contributed by atoms with E-state index in [-0.39, 0.29) is 28.4 Å². The molecule has 0 unspecified atom stereocenters. The largest absolute Gasteiger partial charge is 0.504 e. The number of hydrazone groups is 1. The molecule has 10 nitrogen and oxygen atoms in total. The number of carbonyl (C=O) groups is 1. The highest BCUT2D eigenvalue weighted by Crippen LogP contribution is 2.33. The second-order valence-electron chi connectivity index (χ2n) is 6.43. The molecule has 0 bridgehead atoms. The number of phenols is 1. The number of hydrogen-bond donors (Lipinski definition) is 2. The monoisotopic (exact) mass is 409 g/mol. The van der Waals surface area contributed by atoms with E-state index in [2.05, 4.69) is 15.6 Å². The summed E-state index contributed by atoms with van der Waals surface area (Å²) < 4.78 is 6.54. The number of benzene rings is 2. The van der Waals surface area contributed by atoms with Crippen molar-refractivity contribution in [1.29, 1.82) is 0 Å². The van der Waals surface area contributed by atoms with Crippen LogP contribution in [0.2, 0.25) is 0 Å². The molecule has 1 amide bonds. The van der Waals surface area contributed by atoms with Crippen LogP contribution in [0.15, 0.2) is 53.8 Å². The number of ether oxygens (including phenoxy) is 1. The van der Waals surface area contributed by atoms with E-state index in [0.717, 1.165) is 29.5 Å². The van der Waals surface area contributed by atoms with Gasteiger partial charge in [0.15, 0.2) is 17.2 Å². The van der Waals surface area contributed by atoms with Crippen LogP contribution in [0.3, 0.4) is 0 Å². The van der Waals surface area contributed by atoms with Crippen molar-refractivity contribution in [2.75, 3.05) is 7.11 Å². The quantitative estimate of drug-likeness (QED) is 0.350. The van der Waals surface area contributed by atoms with Gasteiger partial charge in [-0.05, 0) is 18.6 Å². The van der Waals surface area contributed by atoms with Crippen LogP contribution in [0.1, 0.15) is 27.2 Å². The Morgan fingerprint density at radius 2 is 2.07 bits per heavy atom. The van der Waals surface area contributed by atoms with Gasteiger partial charge in [0.25, 0.3) is 11.6 Å². The van der Waals surface area contributed by atoms with Crippen LogP contribution >= 0.6 is 0 Å². The van der Waals surface area contributed by atoms with Crippen molar-refractivity contribution in [2.45, 2.75) is 13.5 Å². The molecule has 1 heterocycles. The number of nitrogens with one attached hydrogen (secondary N) is 1. The Kier molecular flexibility index (Phi) is 6.06. The number of aryl methyl sites for hydroxylation is 1. The lowest BCUT2D eigenvalue weighted by molar-refractivity contribution is -0.385. The van der Waals surface area contributed by atoms with Crippen molar-refractivity contribution < 1.29 is 19.6 Å². The molecular formula is C20H19N5O5. The number of non-ortho nitro benzene ring substituents is 1. The number of nitrogens with zero attached hydrogens (tertiary/aromatic N) is 4. The molecule has 0 atom stereocenters. The van der Waals surface area contributed by atoms with Gasteiger partial charge in [-0.1, -0.05) is 29.8 Å². The molecule has 2 aromatic carbocycles. The van der Waals surface area contributed by atoms with Crippen LogP contribution in [-0.2, 0) is 6.54 Å². The summed E-state index contributed by atoms with van der Waals surface area (Å²) in [5.41, 5.74) is 4.37. The van der Waals surface area contributed by atoms with Crippen LogP contribution in [0.25, 0.3) is 0 Å². The molecule has 0 saturated carbocycles. The molecule has 3 aromatic rings. The van der Waals surface area contributed by atoms with E-state index in [1.807, 2.05) is 31.2 Å². The van der Waals surface area contributed by atoms with Gasteiger partial charge in [-0.3, -0.25) is 19.6 Å². The topological polar surface area (TPSA) is 132 Å². The average molecular weight is 409 g/mol. The third-order valence-corrected chi connectivity index (χ3v) is 4.23. The normalized spacial score (nSPS) is 10.9. The lowest BCUT2D eigenvalue weighted by Crippen LogP contribution is -2.18. The molecule has 1 aromatic heterocycles. The summed E-state index contributed by atoms with van der Waals surface area (Å²) in [5.74, 6) is -0.971. The Balaban J connectivity index is 1.68. The molecular weight excluding hydrogens is 390 g/mol. The zero-order valence-electron chi connectivity index (χ0n) is 16.3. The summed E-state index contributed by atoms with van der Waals surface area (Å²) in [6.07, 6.45) is 2.77. The van der Waals surface area contributed by atoms with Gasteiger partial charge in [-0.15, -0.1) is 0 Å². The highest BCUT2D eigenvalue weighted by Gasteiger charge is 2.16. The molecule has 10 heteroatoms. The first-order chi connectivity index (χ1) is 14.4. The minimum atomic E-state index is -0.626. The van der Waals surface area contributed by atoms with E-state index >= 15 is 0 Å². The minimum Gasteiger partial charge on any atom is -0.504 e. The molecule has 3 rings (SSSR count). The SMILES string of the molecule is COc1cc([N+](=O)[O-])cc(/C=N/NC(=O)c2ccn(Cc3ccc(C)cc3)n2)c1O. The van der Waals surface area contributed by atoms with Gasteiger partial charge < -0.3 is 9.84 Å². The number of methoxy groups -OCH3 is 1. The highest BCUT2D eigenvalue weighted by atomic mass is 16.6. The maximum atomic E-state index is 12.2. The summed E-state index contributed by atoms with van der Waals surface area (Å²) >= 11 is 0. The lowest BCUT2D eigenvalue weighted by Gasteiger charge is -2.05. The number of nitro benzene ring substituents is 1. The summed E-state index contributed by atoms with van der Waals surface area (Å²) in [5, 5.41) is 29.0. The standard InChI is InChI=1S/C20H19N5O5/c1-13-3-5-14(6-4-13)12-24-8-7-17(23-24)20(27)22-21-11-15-9-16(25(28)29)10-18(30-2)19(15)26/h3-11,26H,12H2,1-2H3,(H,22,27)/b21-11+. The van der Waals surface area contributed by atoms with E-state index in [1.54, 1.807) is 16.9 Å². The van der Waals surface area contributed by atoms with Crippen LogP contribution in [0, 0.1) is 17.0 Å². The number of hydrogen-bond acceptors (Lipinski definition) is 7. The number of phenolic OH excluding ortho intramolecular Hbond substituents is 1. The van der Waals surface area contributed by atoms with Gasteiger partial charge in [0.05, 0.1) is 30.9 Å². The fourth-order valence-corrected chi connectivity index (χ4v) is 2.64. The molecule has 30 heavy (non-hydrogen) atoms. The fraction of sp³-hybridized carbons (Fsp3) is 0.150. The predicted molar refractivity (Wildman–Crippen MR) is 109 cm³/mol. The molecule has 0 aliphatic rings. The zero-order valence-corrected chi connectivity index (χ0v) is 16.3. The lowest BCUT2D eigenvalue weighted by atomic mass is 10.1. The maximum Gasteiger partial charge on any atom is 0.291 e. The highest BCUT2D eigenvalue weighted by molar-refractivity contribution is 5.93. The van der Waals surface area contributed by atoms with E-state index in [9.17, 15) is 20.0 Å². The summed E-state index contributed by atoms with van der Waals surface area (Å²) in [4.78, 5) is 22.6. The second-order valence-corrected chi connectivity index (χ2v) is 6.43. The van der Waals surface area contributed by atoms with Crippen molar-refractivity contribution >= 4 is 17.8 Å². The second kappa shape index (κ2) is 8.86. The van der Waals surface area contributed by atoms with Crippen LogP contribution in [0.5, 0.6) is 11.5 Å². The first-order valence-electron chi connectivity index (χ1n) is 8.85. The van der Waals surface area contributed by atoms with Crippen LogP contribution in [-0.4, -0.2) is 39.0 Å². The summed E-state index contributed by atoms with van der Waals surface area (Å²) in [6.45, 7) is 2.52. The van der Waals surface area contributed by atoms with Gasteiger partial charge in [0.2, 0.25) is 0 Å². The molecule has 0 aliphatic heterocycles. The number of rotatable bonds is 7. The first kappa shape index (κ1) is 20.5.